The maximum atomic E-state index is 13.7. The monoisotopic (exact) mass is 665 g/mol. The summed E-state index contributed by atoms with van der Waals surface area (Å²) in [5.74, 6) is 0.691. The quantitative estimate of drug-likeness (QED) is 0.200. The van der Waals surface area contributed by atoms with Crippen molar-refractivity contribution in [1.82, 2.24) is 19.0 Å². The number of amidine groups is 1. The number of hydrogen-bond donors (Lipinski definition) is 0. The highest BCUT2D eigenvalue weighted by Gasteiger charge is 2.31. The number of carbonyl (C=O) groups is 1. The zero-order valence-electron chi connectivity index (χ0n) is 26.5. The predicted molar refractivity (Wildman–Crippen MR) is 189 cm³/mol. The highest BCUT2D eigenvalue weighted by atomic mass is 32.2. The second kappa shape index (κ2) is 13.6. The number of aromatic nitrogens is 2. The number of thioether (sulfide) groups is 1. The van der Waals surface area contributed by atoms with Gasteiger partial charge in [0.1, 0.15) is 5.69 Å². The summed E-state index contributed by atoms with van der Waals surface area (Å²) in [5, 5.41) is 5.66. The molecule has 3 aliphatic heterocycles. The minimum atomic E-state index is -3.66. The van der Waals surface area contributed by atoms with E-state index in [1.165, 1.54) is 17.3 Å². The molecule has 0 radical (unpaired) electrons. The molecule has 0 N–H and O–H groups in total. The van der Waals surface area contributed by atoms with Crippen molar-refractivity contribution in [2.75, 3.05) is 26.2 Å². The lowest BCUT2D eigenvalue weighted by Crippen LogP contribution is -2.39. The number of para-hydroxylation sites is 1. The molecular weight excluding hydrogens is 627 g/mol. The highest BCUT2D eigenvalue weighted by molar-refractivity contribution is 8.18. The standard InChI is InChI=1S/C37H39N5O3S2/c1-27-10-9-19-41(25-27)47(44,45)33-16-8-13-30(23-33)35-31(26-42(39-35)32-14-6-3-7-15-32)24-34-36(43)38-37(46-34)40-20-17-29(18-21-40)22-28-11-4-2-5-12-28/h2-8,11-16,23-24,26-27,29H,9-10,17-22,25H2,1H3/b34-24-. The molecule has 1 atom stereocenters. The first-order valence-corrected chi connectivity index (χ1v) is 18.7. The molecule has 1 amide bonds. The van der Waals surface area contributed by atoms with Crippen LogP contribution in [-0.4, -0.2) is 64.7 Å². The molecule has 7 rings (SSSR count). The lowest BCUT2D eigenvalue weighted by atomic mass is 9.90. The molecule has 4 heterocycles. The van der Waals surface area contributed by atoms with Crippen LogP contribution in [0, 0.1) is 11.8 Å². The molecule has 0 bridgehead atoms. The third kappa shape index (κ3) is 7.00. The van der Waals surface area contributed by atoms with Gasteiger partial charge in [-0.2, -0.15) is 14.4 Å². The Hall–Kier alpha value is -3.99. The van der Waals surface area contributed by atoms with Crippen LogP contribution in [0.1, 0.15) is 43.7 Å². The first kappa shape index (κ1) is 31.6. The Labute approximate surface area is 281 Å². The average molecular weight is 666 g/mol. The van der Waals surface area contributed by atoms with Crippen LogP contribution in [0.25, 0.3) is 23.0 Å². The van der Waals surface area contributed by atoms with Crippen LogP contribution < -0.4 is 0 Å². The summed E-state index contributed by atoms with van der Waals surface area (Å²) in [5.41, 5.74) is 4.24. The van der Waals surface area contributed by atoms with Gasteiger partial charge in [0, 0.05) is 43.5 Å². The molecule has 8 nitrogen and oxygen atoms in total. The van der Waals surface area contributed by atoms with E-state index in [0.29, 0.717) is 41.1 Å². The van der Waals surface area contributed by atoms with Crippen molar-refractivity contribution in [3.63, 3.8) is 0 Å². The van der Waals surface area contributed by atoms with E-state index < -0.39 is 10.0 Å². The number of sulfonamides is 1. The predicted octanol–water partition coefficient (Wildman–Crippen LogP) is 6.88. The Balaban J connectivity index is 1.14. The molecule has 0 saturated carbocycles. The second-order valence-corrected chi connectivity index (χ2v) is 15.7. The molecule has 1 unspecified atom stereocenters. The molecular formula is C37H39N5O3S2. The van der Waals surface area contributed by atoms with Crippen molar-refractivity contribution in [3.8, 4) is 16.9 Å². The SMILES string of the molecule is CC1CCCN(S(=O)(=O)c2cccc(-c3nn(-c4ccccc4)cc3/C=C3\SC(N4CCC(Cc5ccccc5)CC4)=NC3=O)c2)C1. The van der Waals surface area contributed by atoms with Crippen molar-refractivity contribution in [3.05, 3.63) is 107 Å². The first-order chi connectivity index (χ1) is 22.8. The number of benzene rings is 3. The van der Waals surface area contributed by atoms with Crippen LogP contribution in [0.15, 0.2) is 106 Å². The molecule has 0 aliphatic carbocycles. The fourth-order valence-electron chi connectivity index (χ4n) is 6.70. The molecule has 10 heteroatoms. The summed E-state index contributed by atoms with van der Waals surface area (Å²) < 4.78 is 30.7. The number of carbonyl (C=O) groups excluding carboxylic acids is 1. The molecule has 3 aromatic carbocycles. The summed E-state index contributed by atoms with van der Waals surface area (Å²) >= 11 is 1.41. The van der Waals surface area contributed by atoms with Gasteiger partial charge in [-0.25, -0.2) is 13.1 Å². The molecule has 2 saturated heterocycles. The number of amides is 1. The smallest absolute Gasteiger partial charge is 0.286 e. The summed E-state index contributed by atoms with van der Waals surface area (Å²) in [6, 6.07) is 27.4. The normalized spacial score (nSPS) is 20.6. The van der Waals surface area contributed by atoms with Gasteiger partial charge in [0.15, 0.2) is 5.17 Å². The van der Waals surface area contributed by atoms with Crippen molar-refractivity contribution >= 4 is 38.9 Å². The fraction of sp³-hybridized carbons (Fsp3) is 0.324. The van der Waals surface area contributed by atoms with Crippen molar-refractivity contribution in [1.29, 1.82) is 0 Å². The molecule has 3 aliphatic rings. The van der Waals surface area contributed by atoms with Crippen LogP contribution in [0.2, 0.25) is 0 Å². The van der Waals surface area contributed by atoms with E-state index in [4.69, 9.17) is 5.10 Å². The van der Waals surface area contributed by atoms with Gasteiger partial charge in [0.2, 0.25) is 10.0 Å². The van der Waals surface area contributed by atoms with Crippen molar-refractivity contribution < 1.29 is 13.2 Å². The van der Waals surface area contributed by atoms with E-state index in [-0.39, 0.29) is 10.8 Å². The van der Waals surface area contributed by atoms with Gasteiger partial charge in [-0.15, -0.1) is 0 Å². The number of likely N-dealkylation sites (tertiary alicyclic amines) is 1. The summed E-state index contributed by atoms with van der Waals surface area (Å²) in [6.07, 6.45) is 8.84. The van der Waals surface area contributed by atoms with Gasteiger partial charge in [0.25, 0.3) is 5.91 Å². The van der Waals surface area contributed by atoms with Gasteiger partial charge >= 0.3 is 0 Å². The Morgan fingerprint density at radius 1 is 0.915 bits per heavy atom. The molecule has 242 valence electrons. The first-order valence-electron chi connectivity index (χ1n) is 16.4. The number of piperidine rings is 2. The van der Waals surface area contributed by atoms with Crippen LogP contribution in [0.3, 0.4) is 0 Å². The fourth-order valence-corrected chi connectivity index (χ4v) is 9.30. The lowest BCUT2D eigenvalue weighted by molar-refractivity contribution is -0.113. The molecule has 47 heavy (non-hydrogen) atoms. The average Bonchev–Trinajstić information content (AvgIpc) is 3.69. The second-order valence-electron chi connectivity index (χ2n) is 12.8. The molecule has 4 aromatic rings. The highest BCUT2D eigenvalue weighted by Crippen LogP contribution is 2.36. The van der Waals surface area contributed by atoms with E-state index in [1.54, 1.807) is 27.2 Å². The molecule has 0 spiro atoms. The third-order valence-electron chi connectivity index (χ3n) is 9.28. The zero-order chi connectivity index (χ0) is 32.4. The van der Waals surface area contributed by atoms with E-state index >= 15 is 0 Å². The number of rotatable bonds is 7. The summed E-state index contributed by atoms with van der Waals surface area (Å²) in [6.45, 7) is 4.90. The van der Waals surface area contributed by atoms with E-state index in [1.807, 2.05) is 48.7 Å². The Morgan fingerprint density at radius 2 is 1.66 bits per heavy atom. The molecule has 1 aromatic heterocycles. The largest absolute Gasteiger partial charge is 0.351 e. The van der Waals surface area contributed by atoms with Gasteiger partial charge in [0.05, 0.1) is 15.5 Å². The van der Waals surface area contributed by atoms with Gasteiger partial charge in [-0.3, -0.25) is 4.79 Å². The summed E-state index contributed by atoms with van der Waals surface area (Å²) in [7, 11) is -3.66. The molecule has 2 fully saturated rings. The minimum absolute atomic E-state index is 0.254. The zero-order valence-corrected chi connectivity index (χ0v) is 28.2. The van der Waals surface area contributed by atoms with Crippen molar-refractivity contribution in [2.24, 2.45) is 16.8 Å². The van der Waals surface area contributed by atoms with E-state index in [9.17, 15) is 13.2 Å². The summed E-state index contributed by atoms with van der Waals surface area (Å²) in [4.78, 5) is 20.7. The van der Waals surface area contributed by atoms with E-state index in [2.05, 4.69) is 47.1 Å². The van der Waals surface area contributed by atoms with Gasteiger partial charge in [-0.1, -0.05) is 67.6 Å². The Bertz CT molecular complexity index is 1910. The topological polar surface area (TPSA) is 87.9 Å². The van der Waals surface area contributed by atoms with Crippen LogP contribution in [0.5, 0.6) is 0 Å². The van der Waals surface area contributed by atoms with Crippen LogP contribution in [-0.2, 0) is 21.2 Å². The van der Waals surface area contributed by atoms with Gasteiger partial charge in [-0.05, 0) is 91.6 Å². The third-order valence-corrected chi connectivity index (χ3v) is 12.2. The number of aliphatic imine (C=N–C) groups is 1. The lowest BCUT2D eigenvalue weighted by Gasteiger charge is -2.32. The number of hydrogen-bond acceptors (Lipinski definition) is 6. The maximum absolute atomic E-state index is 13.7. The minimum Gasteiger partial charge on any atom is -0.351 e. The van der Waals surface area contributed by atoms with Crippen LogP contribution in [0.4, 0.5) is 0 Å². The Morgan fingerprint density at radius 3 is 2.40 bits per heavy atom. The van der Waals surface area contributed by atoms with Crippen LogP contribution >= 0.6 is 11.8 Å². The Kier molecular flexibility index (Phi) is 9.16. The maximum Gasteiger partial charge on any atom is 0.286 e. The number of nitrogens with zero attached hydrogens (tertiary/aromatic N) is 5. The van der Waals surface area contributed by atoms with Gasteiger partial charge < -0.3 is 4.90 Å². The van der Waals surface area contributed by atoms with E-state index in [0.717, 1.165) is 61.6 Å². The van der Waals surface area contributed by atoms with Crippen molar-refractivity contribution in [2.45, 2.75) is 43.9 Å².